The fourth-order valence-corrected chi connectivity index (χ4v) is 2.58. The van der Waals surface area contributed by atoms with Crippen LogP contribution in [0.25, 0.3) is 0 Å². The van der Waals surface area contributed by atoms with Crippen LogP contribution in [0.5, 0.6) is 0 Å². The number of ether oxygens (including phenoxy) is 1. The lowest BCUT2D eigenvalue weighted by molar-refractivity contribution is -0.159. The van der Waals surface area contributed by atoms with Crippen LogP contribution >= 0.6 is 0 Å². The first-order chi connectivity index (χ1) is 12.4. The Morgan fingerprint density at radius 3 is 2.58 bits per heavy atom. The van der Waals surface area contributed by atoms with E-state index in [-0.39, 0.29) is 5.92 Å². The van der Waals surface area contributed by atoms with Crippen molar-refractivity contribution in [1.82, 2.24) is 15.6 Å². The van der Waals surface area contributed by atoms with Crippen molar-refractivity contribution in [2.45, 2.75) is 25.9 Å². The molecule has 1 aromatic rings. The van der Waals surface area contributed by atoms with Crippen LogP contribution in [0.3, 0.4) is 0 Å². The summed E-state index contributed by atoms with van der Waals surface area (Å²) in [5.41, 5.74) is 0.497. The molecule has 0 spiro atoms. The zero-order chi connectivity index (χ0) is 19.1. The number of rotatable bonds is 4. The number of carbonyl (C=O) groups is 3. The fraction of sp³-hybridized carbons (Fsp3) is 0.471. The van der Waals surface area contributed by atoms with Gasteiger partial charge in [-0.3, -0.25) is 14.9 Å². The van der Waals surface area contributed by atoms with Crippen molar-refractivity contribution in [3.05, 3.63) is 23.9 Å². The van der Waals surface area contributed by atoms with Crippen LogP contribution in [-0.2, 0) is 14.3 Å². The number of anilines is 1. The van der Waals surface area contributed by atoms with Crippen molar-refractivity contribution in [3.8, 4) is 6.07 Å². The van der Waals surface area contributed by atoms with Gasteiger partial charge in [0.2, 0.25) is 0 Å². The normalized spacial score (nSPS) is 15.5. The molecule has 0 aromatic carbocycles. The standard InChI is InChI=1S/C17H21N5O4/c1-11(15(23)21-17(25)19-2)26-16(24)13-5-7-22(8-6-13)14-4-3-12(9-18)10-20-14/h3-4,10-11,13H,5-8H2,1-2H3,(H2,19,21,23,25). The summed E-state index contributed by atoms with van der Waals surface area (Å²) in [7, 11) is 1.38. The molecule has 1 saturated heterocycles. The van der Waals surface area contributed by atoms with Crippen molar-refractivity contribution in [2.24, 2.45) is 5.92 Å². The van der Waals surface area contributed by atoms with Crippen molar-refractivity contribution in [1.29, 1.82) is 5.26 Å². The summed E-state index contributed by atoms with van der Waals surface area (Å²) in [6, 6.07) is 4.85. The molecule has 0 aliphatic carbocycles. The maximum absolute atomic E-state index is 12.2. The molecule has 0 saturated carbocycles. The van der Waals surface area contributed by atoms with Crippen LogP contribution in [0.15, 0.2) is 18.3 Å². The molecule has 1 aromatic heterocycles. The third-order valence-electron chi connectivity index (χ3n) is 4.16. The summed E-state index contributed by atoms with van der Waals surface area (Å²) < 4.78 is 5.17. The lowest BCUT2D eigenvalue weighted by Crippen LogP contribution is -2.44. The topological polar surface area (TPSA) is 124 Å². The fourth-order valence-electron chi connectivity index (χ4n) is 2.58. The number of amides is 3. The molecule has 2 rings (SSSR count). The molecule has 1 fully saturated rings. The average molecular weight is 359 g/mol. The Hall–Kier alpha value is -3.15. The first-order valence-electron chi connectivity index (χ1n) is 8.28. The van der Waals surface area contributed by atoms with Gasteiger partial charge in [-0.1, -0.05) is 0 Å². The number of carbonyl (C=O) groups excluding carboxylic acids is 3. The van der Waals surface area contributed by atoms with Gasteiger partial charge in [0.1, 0.15) is 11.9 Å². The first kappa shape index (κ1) is 19.2. The van der Waals surface area contributed by atoms with Gasteiger partial charge in [0.25, 0.3) is 5.91 Å². The minimum atomic E-state index is -1.04. The van der Waals surface area contributed by atoms with E-state index in [0.29, 0.717) is 31.5 Å². The maximum atomic E-state index is 12.2. The van der Waals surface area contributed by atoms with E-state index < -0.39 is 24.0 Å². The van der Waals surface area contributed by atoms with Crippen LogP contribution in [-0.4, -0.2) is 49.1 Å². The number of hydrogen-bond donors (Lipinski definition) is 2. The second-order valence-corrected chi connectivity index (χ2v) is 5.93. The number of nitrogens with one attached hydrogen (secondary N) is 2. The van der Waals surface area contributed by atoms with E-state index >= 15 is 0 Å². The smallest absolute Gasteiger partial charge is 0.321 e. The molecule has 2 N–H and O–H groups in total. The van der Waals surface area contributed by atoms with Gasteiger partial charge in [-0.2, -0.15) is 5.26 Å². The molecule has 1 aliphatic rings. The Kier molecular flexibility index (Phi) is 6.49. The Bertz CT molecular complexity index is 705. The minimum Gasteiger partial charge on any atom is -0.452 e. The minimum absolute atomic E-state index is 0.306. The molecule has 26 heavy (non-hydrogen) atoms. The average Bonchev–Trinajstić information content (AvgIpc) is 2.67. The number of piperidine rings is 1. The molecule has 9 heteroatoms. The molecule has 0 bridgehead atoms. The molecule has 0 radical (unpaired) electrons. The van der Waals surface area contributed by atoms with Gasteiger partial charge in [0.15, 0.2) is 6.10 Å². The van der Waals surface area contributed by atoms with Crippen LogP contribution in [0.1, 0.15) is 25.3 Å². The van der Waals surface area contributed by atoms with Gasteiger partial charge in [0.05, 0.1) is 11.5 Å². The summed E-state index contributed by atoms with van der Waals surface area (Å²) in [6.45, 7) is 2.67. The van der Waals surface area contributed by atoms with E-state index in [4.69, 9.17) is 10.00 Å². The predicted octanol–water partition coefficient (Wildman–Crippen LogP) is 0.557. The van der Waals surface area contributed by atoms with Gasteiger partial charge < -0.3 is 15.0 Å². The molecule has 1 atom stereocenters. The SMILES string of the molecule is CNC(=O)NC(=O)C(C)OC(=O)C1CCN(c2ccc(C#N)cn2)CC1. The summed E-state index contributed by atoms with van der Waals surface area (Å²) in [5.74, 6) is -0.664. The Morgan fingerprint density at radius 2 is 2.04 bits per heavy atom. The largest absolute Gasteiger partial charge is 0.452 e. The second kappa shape index (κ2) is 8.80. The van der Waals surface area contributed by atoms with E-state index in [1.807, 2.05) is 11.0 Å². The number of urea groups is 1. The maximum Gasteiger partial charge on any atom is 0.321 e. The third-order valence-corrected chi connectivity index (χ3v) is 4.16. The molecular formula is C17H21N5O4. The van der Waals surface area contributed by atoms with E-state index in [9.17, 15) is 14.4 Å². The number of hydrogen-bond acceptors (Lipinski definition) is 7. The number of imide groups is 1. The van der Waals surface area contributed by atoms with E-state index in [1.54, 1.807) is 12.1 Å². The summed E-state index contributed by atoms with van der Waals surface area (Å²) in [5, 5.41) is 13.1. The van der Waals surface area contributed by atoms with Crippen molar-refractivity contribution in [3.63, 3.8) is 0 Å². The van der Waals surface area contributed by atoms with Gasteiger partial charge in [-0.25, -0.2) is 9.78 Å². The van der Waals surface area contributed by atoms with Gasteiger partial charge in [-0.15, -0.1) is 0 Å². The predicted molar refractivity (Wildman–Crippen MR) is 92.0 cm³/mol. The van der Waals surface area contributed by atoms with Gasteiger partial charge in [0, 0.05) is 26.3 Å². The zero-order valence-corrected chi connectivity index (χ0v) is 14.7. The lowest BCUT2D eigenvalue weighted by Gasteiger charge is -2.32. The van der Waals surface area contributed by atoms with Crippen LogP contribution in [0.4, 0.5) is 10.6 Å². The first-order valence-corrected chi connectivity index (χ1v) is 8.28. The highest BCUT2D eigenvalue weighted by Crippen LogP contribution is 2.23. The monoisotopic (exact) mass is 359 g/mol. The van der Waals surface area contributed by atoms with E-state index in [0.717, 1.165) is 5.82 Å². The van der Waals surface area contributed by atoms with Crippen molar-refractivity contribution < 1.29 is 19.1 Å². The lowest BCUT2D eigenvalue weighted by atomic mass is 9.97. The summed E-state index contributed by atoms with van der Waals surface area (Å²) in [4.78, 5) is 41.3. The number of nitriles is 1. The van der Waals surface area contributed by atoms with Crippen LogP contribution in [0, 0.1) is 17.2 Å². The molecular weight excluding hydrogens is 338 g/mol. The van der Waals surface area contributed by atoms with Crippen molar-refractivity contribution in [2.75, 3.05) is 25.0 Å². The highest BCUT2D eigenvalue weighted by Gasteiger charge is 2.29. The number of pyridine rings is 1. The van der Waals surface area contributed by atoms with Crippen LogP contribution < -0.4 is 15.5 Å². The molecule has 9 nitrogen and oxygen atoms in total. The second-order valence-electron chi connectivity index (χ2n) is 5.93. The highest BCUT2D eigenvalue weighted by molar-refractivity contribution is 5.97. The van der Waals surface area contributed by atoms with Gasteiger partial charge in [-0.05, 0) is 31.9 Å². The summed E-state index contributed by atoms with van der Waals surface area (Å²) >= 11 is 0. The quantitative estimate of drug-likeness (QED) is 0.752. The summed E-state index contributed by atoms with van der Waals surface area (Å²) in [6.07, 6.45) is 1.62. The Balaban J connectivity index is 1.83. The zero-order valence-electron chi connectivity index (χ0n) is 14.7. The highest BCUT2D eigenvalue weighted by atomic mass is 16.5. The third kappa shape index (κ3) is 4.92. The molecule has 2 heterocycles. The number of nitrogens with zero attached hydrogens (tertiary/aromatic N) is 3. The molecule has 1 unspecified atom stereocenters. The molecule has 138 valence electrons. The Labute approximate surface area is 151 Å². The number of esters is 1. The molecule has 3 amide bonds. The number of aromatic nitrogens is 1. The van der Waals surface area contributed by atoms with Crippen molar-refractivity contribution >= 4 is 23.7 Å². The van der Waals surface area contributed by atoms with Gasteiger partial charge >= 0.3 is 12.0 Å². The van der Waals surface area contributed by atoms with Crippen LogP contribution in [0.2, 0.25) is 0 Å². The molecule has 1 aliphatic heterocycles. The Morgan fingerprint density at radius 1 is 1.35 bits per heavy atom. The van der Waals surface area contributed by atoms with E-state index in [2.05, 4.69) is 15.6 Å². The van der Waals surface area contributed by atoms with E-state index in [1.165, 1.54) is 20.2 Å².